The van der Waals surface area contributed by atoms with Gasteiger partial charge in [-0.2, -0.15) is 0 Å². The number of urea groups is 1. The van der Waals surface area contributed by atoms with Gasteiger partial charge in [0.05, 0.1) is 12.8 Å². The number of carbonyl (C=O) groups is 2. The predicted octanol–water partition coefficient (Wildman–Crippen LogP) is 2.07. The third-order valence-corrected chi connectivity index (χ3v) is 3.70. The quantitative estimate of drug-likeness (QED) is 0.709. The molecule has 2 aromatic heterocycles. The van der Waals surface area contributed by atoms with E-state index in [0.29, 0.717) is 22.7 Å². The van der Waals surface area contributed by atoms with Crippen molar-refractivity contribution in [2.75, 3.05) is 12.4 Å². The zero-order valence-corrected chi connectivity index (χ0v) is 13.8. The van der Waals surface area contributed by atoms with Crippen LogP contribution < -0.4 is 10.6 Å². The highest BCUT2D eigenvalue weighted by Gasteiger charge is 2.23. The fourth-order valence-electron chi connectivity index (χ4n) is 2.46. The van der Waals surface area contributed by atoms with Crippen LogP contribution in [-0.4, -0.2) is 33.7 Å². The minimum absolute atomic E-state index is 0.484. The first-order valence-electron chi connectivity index (χ1n) is 7.61. The maximum absolute atomic E-state index is 12.4. The van der Waals surface area contributed by atoms with Crippen molar-refractivity contribution in [1.29, 1.82) is 0 Å². The molecule has 2 heterocycles. The van der Waals surface area contributed by atoms with E-state index in [1.165, 1.54) is 7.11 Å². The van der Waals surface area contributed by atoms with Gasteiger partial charge in [0.25, 0.3) is 0 Å². The Morgan fingerprint density at radius 1 is 1.12 bits per heavy atom. The number of rotatable bonds is 4. The molecule has 1 atom stereocenters. The second-order valence-electron chi connectivity index (χ2n) is 5.33. The Kier molecular flexibility index (Phi) is 4.60. The standard InChI is InChI=1S/C17H17N5O3/c1-11-20-21-15-13(9-6-10-22(11)15)18-17(24)19-14(16(23)25-2)12-7-4-3-5-8-12/h3-10,14H,1-2H3,(H2,18,19,24). The summed E-state index contributed by atoms with van der Waals surface area (Å²) in [5.74, 6) is 0.147. The number of carbonyl (C=O) groups excluding carboxylic acids is 2. The molecule has 0 fully saturated rings. The number of anilines is 1. The summed E-state index contributed by atoms with van der Waals surface area (Å²) in [6.07, 6.45) is 1.80. The van der Waals surface area contributed by atoms with Crippen molar-refractivity contribution in [1.82, 2.24) is 19.9 Å². The monoisotopic (exact) mass is 339 g/mol. The maximum atomic E-state index is 12.4. The van der Waals surface area contributed by atoms with Crippen LogP contribution in [0.4, 0.5) is 10.5 Å². The van der Waals surface area contributed by atoms with E-state index in [4.69, 9.17) is 4.74 Å². The summed E-state index contributed by atoms with van der Waals surface area (Å²) in [4.78, 5) is 24.4. The number of aryl methyl sites for hydroxylation is 1. The van der Waals surface area contributed by atoms with E-state index in [2.05, 4.69) is 20.8 Å². The van der Waals surface area contributed by atoms with Gasteiger partial charge in [0, 0.05) is 6.20 Å². The summed E-state index contributed by atoms with van der Waals surface area (Å²) in [5.41, 5.74) is 1.63. The van der Waals surface area contributed by atoms with E-state index in [9.17, 15) is 9.59 Å². The number of amides is 2. The molecule has 2 N–H and O–H groups in total. The number of aromatic nitrogens is 3. The lowest BCUT2D eigenvalue weighted by Gasteiger charge is -2.17. The molecule has 2 amide bonds. The summed E-state index contributed by atoms with van der Waals surface area (Å²) in [5, 5.41) is 13.3. The molecule has 1 unspecified atom stereocenters. The maximum Gasteiger partial charge on any atom is 0.333 e. The Balaban J connectivity index is 1.81. The molecule has 3 aromatic rings. The van der Waals surface area contributed by atoms with E-state index in [0.717, 1.165) is 0 Å². The van der Waals surface area contributed by atoms with Gasteiger partial charge < -0.3 is 15.4 Å². The molecule has 25 heavy (non-hydrogen) atoms. The second kappa shape index (κ2) is 7.00. The molecule has 0 aliphatic carbocycles. The number of nitrogens with one attached hydrogen (secondary N) is 2. The molecule has 0 bridgehead atoms. The smallest absolute Gasteiger partial charge is 0.333 e. The molecule has 128 valence electrons. The number of nitrogens with zero attached hydrogens (tertiary/aromatic N) is 3. The first-order valence-corrected chi connectivity index (χ1v) is 7.61. The SMILES string of the molecule is COC(=O)C(NC(=O)Nc1cccn2c(C)nnc12)c1ccccc1. The van der Waals surface area contributed by atoms with Gasteiger partial charge in [0.2, 0.25) is 0 Å². The number of benzene rings is 1. The Labute approximate surface area is 143 Å². The molecular formula is C17H17N5O3. The molecule has 1 aromatic carbocycles. The number of fused-ring (bicyclic) bond motifs is 1. The third-order valence-electron chi connectivity index (χ3n) is 3.70. The molecule has 0 saturated heterocycles. The first kappa shape index (κ1) is 16.4. The lowest BCUT2D eigenvalue weighted by atomic mass is 10.1. The van der Waals surface area contributed by atoms with Gasteiger partial charge in [-0.25, -0.2) is 9.59 Å². The topological polar surface area (TPSA) is 97.6 Å². The van der Waals surface area contributed by atoms with E-state index >= 15 is 0 Å². The molecule has 3 rings (SSSR count). The lowest BCUT2D eigenvalue weighted by molar-refractivity contribution is -0.143. The third kappa shape index (κ3) is 3.42. The van der Waals surface area contributed by atoms with Crippen molar-refractivity contribution < 1.29 is 14.3 Å². The average Bonchev–Trinajstić information content (AvgIpc) is 3.02. The van der Waals surface area contributed by atoms with E-state index in [1.54, 1.807) is 47.0 Å². The van der Waals surface area contributed by atoms with E-state index in [-0.39, 0.29) is 0 Å². The molecule has 0 saturated carbocycles. The fourth-order valence-corrected chi connectivity index (χ4v) is 2.46. The Bertz CT molecular complexity index is 907. The zero-order valence-electron chi connectivity index (χ0n) is 13.8. The number of esters is 1. The average molecular weight is 339 g/mol. The van der Waals surface area contributed by atoms with Crippen LogP contribution >= 0.6 is 0 Å². The van der Waals surface area contributed by atoms with Gasteiger partial charge in [-0.3, -0.25) is 4.40 Å². The lowest BCUT2D eigenvalue weighted by Crippen LogP contribution is -2.37. The molecule has 0 aliphatic rings. The Morgan fingerprint density at radius 3 is 2.60 bits per heavy atom. The van der Waals surface area contributed by atoms with Crippen LogP contribution in [0, 0.1) is 6.92 Å². The molecule has 8 nitrogen and oxygen atoms in total. The van der Waals surface area contributed by atoms with E-state index in [1.807, 2.05) is 13.0 Å². The number of hydrogen-bond acceptors (Lipinski definition) is 5. The normalized spacial score (nSPS) is 11.8. The summed E-state index contributed by atoms with van der Waals surface area (Å²) in [6.45, 7) is 1.81. The van der Waals surface area contributed by atoms with Crippen molar-refractivity contribution in [3.63, 3.8) is 0 Å². The highest BCUT2D eigenvalue weighted by atomic mass is 16.5. The van der Waals surface area contributed by atoms with Crippen LogP contribution in [0.3, 0.4) is 0 Å². The van der Waals surface area contributed by atoms with Crippen LogP contribution in [0.5, 0.6) is 0 Å². The van der Waals surface area contributed by atoms with Crippen LogP contribution in [-0.2, 0) is 9.53 Å². The van der Waals surface area contributed by atoms with Gasteiger partial charge in [-0.05, 0) is 24.6 Å². The van der Waals surface area contributed by atoms with Gasteiger partial charge in [0.1, 0.15) is 5.82 Å². The number of hydrogen-bond donors (Lipinski definition) is 2. The van der Waals surface area contributed by atoms with Crippen LogP contribution in [0.1, 0.15) is 17.4 Å². The van der Waals surface area contributed by atoms with Crippen molar-refractivity contribution in [2.45, 2.75) is 13.0 Å². The fraction of sp³-hybridized carbons (Fsp3) is 0.176. The predicted molar refractivity (Wildman–Crippen MR) is 91.1 cm³/mol. The van der Waals surface area contributed by atoms with Gasteiger partial charge >= 0.3 is 12.0 Å². The minimum atomic E-state index is -0.912. The first-order chi connectivity index (χ1) is 12.1. The van der Waals surface area contributed by atoms with Crippen LogP contribution in [0.2, 0.25) is 0 Å². The van der Waals surface area contributed by atoms with Gasteiger partial charge in [0.15, 0.2) is 11.7 Å². The number of ether oxygens (including phenoxy) is 1. The van der Waals surface area contributed by atoms with Gasteiger partial charge in [-0.15, -0.1) is 10.2 Å². The highest BCUT2D eigenvalue weighted by molar-refractivity contribution is 5.95. The number of methoxy groups -OCH3 is 1. The Hall–Kier alpha value is -3.42. The minimum Gasteiger partial charge on any atom is -0.467 e. The van der Waals surface area contributed by atoms with Crippen molar-refractivity contribution >= 4 is 23.3 Å². The van der Waals surface area contributed by atoms with Crippen LogP contribution in [0.25, 0.3) is 5.65 Å². The zero-order chi connectivity index (χ0) is 17.8. The molecule has 8 heteroatoms. The molecular weight excluding hydrogens is 322 g/mol. The molecule has 0 radical (unpaired) electrons. The summed E-state index contributed by atoms with van der Waals surface area (Å²) < 4.78 is 6.54. The largest absolute Gasteiger partial charge is 0.467 e. The summed E-state index contributed by atoms with van der Waals surface area (Å²) >= 11 is 0. The highest BCUT2D eigenvalue weighted by Crippen LogP contribution is 2.17. The van der Waals surface area contributed by atoms with Crippen molar-refractivity contribution in [2.24, 2.45) is 0 Å². The molecule has 0 aliphatic heterocycles. The summed E-state index contributed by atoms with van der Waals surface area (Å²) in [6, 6.07) is 10.9. The summed E-state index contributed by atoms with van der Waals surface area (Å²) in [7, 11) is 1.28. The second-order valence-corrected chi connectivity index (χ2v) is 5.33. The number of pyridine rings is 1. The Morgan fingerprint density at radius 2 is 1.88 bits per heavy atom. The van der Waals surface area contributed by atoms with Crippen molar-refractivity contribution in [3.8, 4) is 0 Å². The van der Waals surface area contributed by atoms with Crippen LogP contribution in [0.15, 0.2) is 48.7 Å². The van der Waals surface area contributed by atoms with Gasteiger partial charge in [-0.1, -0.05) is 30.3 Å². The molecule has 0 spiro atoms. The van der Waals surface area contributed by atoms with E-state index < -0.39 is 18.0 Å². The van der Waals surface area contributed by atoms with Crippen molar-refractivity contribution in [3.05, 3.63) is 60.0 Å².